The van der Waals surface area contributed by atoms with Gasteiger partial charge in [0.15, 0.2) is 5.96 Å². The van der Waals surface area contributed by atoms with Gasteiger partial charge in [-0.3, -0.25) is 4.99 Å². The first-order valence-corrected chi connectivity index (χ1v) is 11.9. The molecule has 7 heteroatoms. The van der Waals surface area contributed by atoms with Crippen LogP contribution in [0.4, 0.5) is 0 Å². The SMILES string of the molecule is C=C(CNC(=C)C(C)Cc1ccccc1)NC(CN=C(N)N)C(=C)N1CCC(N)(C(=C)C)CC1. The third kappa shape index (κ3) is 7.99. The van der Waals surface area contributed by atoms with Crippen molar-refractivity contribution in [2.24, 2.45) is 28.1 Å². The van der Waals surface area contributed by atoms with E-state index in [1.807, 2.05) is 13.0 Å². The molecule has 1 aliphatic heterocycles. The van der Waals surface area contributed by atoms with Gasteiger partial charge < -0.3 is 32.7 Å². The number of likely N-dealkylation sites (tertiary alicyclic amines) is 1. The number of hydrogen-bond acceptors (Lipinski definition) is 5. The Labute approximate surface area is 205 Å². The molecule has 1 heterocycles. The highest BCUT2D eigenvalue weighted by Crippen LogP contribution is 2.28. The number of piperidine rings is 1. The van der Waals surface area contributed by atoms with Crippen molar-refractivity contribution in [1.82, 2.24) is 15.5 Å². The largest absolute Gasteiger partial charge is 0.383 e. The minimum atomic E-state index is -0.316. The molecule has 2 unspecified atom stereocenters. The summed E-state index contributed by atoms with van der Waals surface area (Å²) in [5.41, 5.74) is 22.4. The zero-order valence-electron chi connectivity index (χ0n) is 20.9. The fourth-order valence-corrected chi connectivity index (χ4v) is 4.05. The van der Waals surface area contributed by atoms with Gasteiger partial charge in [0, 0.05) is 35.7 Å². The van der Waals surface area contributed by atoms with Gasteiger partial charge in [0.2, 0.25) is 0 Å². The van der Waals surface area contributed by atoms with Crippen LogP contribution in [0.2, 0.25) is 0 Å². The second-order valence-corrected chi connectivity index (χ2v) is 9.45. The highest BCUT2D eigenvalue weighted by atomic mass is 15.2. The van der Waals surface area contributed by atoms with E-state index in [0.29, 0.717) is 19.0 Å². The molecule has 34 heavy (non-hydrogen) atoms. The number of guanidine groups is 1. The Hall–Kier alpha value is -3.19. The standard InChI is InChI=1S/C27H43N7/c1-19(2)27(30)12-14-34(15-13-27)23(6)25(18-32-26(28)29)33-21(4)17-31-22(5)20(3)16-24-10-8-7-9-11-24/h7-11,20,25,31,33H,1,4-6,12-18,30H2,2-3H3,(H4,28,29,32). The molecule has 0 amide bonds. The van der Waals surface area contributed by atoms with Gasteiger partial charge in [0.05, 0.1) is 19.1 Å². The van der Waals surface area contributed by atoms with Crippen molar-refractivity contribution >= 4 is 5.96 Å². The molecular weight excluding hydrogens is 422 g/mol. The summed E-state index contributed by atoms with van der Waals surface area (Å²) in [4.78, 5) is 6.47. The van der Waals surface area contributed by atoms with Crippen molar-refractivity contribution in [3.63, 3.8) is 0 Å². The van der Waals surface area contributed by atoms with Crippen LogP contribution in [0.25, 0.3) is 0 Å². The zero-order chi connectivity index (χ0) is 25.3. The number of hydrogen-bond donors (Lipinski definition) is 5. The topological polar surface area (TPSA) is 118 Å². The van der Waals surface area contributed by atoms with Gasteiger partial charge in [-0.15, -0.1) is 0 Å². The summed E-state index contributed by atoms with van der Waals surface area (Å²) >= 11 is 0. The maximum absolute atomic E-state index is 6.50. The summed E-state index contributed by atoms with van der Waals surface area (Å²) in [7, 11) is 0. The van der Waals surface area contributed by atoms with Crippen LogP contribution < -0.4 is 27.8 Å². The Bertz CT molecular complexity index is 891. The van der Waals surface area contributed by atoms with Gasteiger partial charge in [0.1, 0.15) is 0 Å². The van der Waals surface area contributed by atoms with E-state index in [1.165, 1.54) is 5.56 Å². The second-order valence-electron chi connectivity index (χ2n) is 9.45. The normalized spacial score (nSPS) is 16.6. The van der Waals surface area contributed by atoms with E-state index < -0.39 is 0 Å². The molecule has 1 saturated heterocycles. The van der Waals surface area contributed by atoms with Crippen molar-refractivity contribution in [3.8, 4) is 0 Å². The first-order chi connectivity index (χ1) is 16.0. The van der Waals surface area contributed by atoms with E-state index in [-0.39, 0.29) is 17.5 Å². The molecule has 1 aromatic carbocycles. The first-order valence-electron chi connectivity index (χ1n) is 11.9. The summed E-state index contributed by atoms with van der Waals surface area (Å²) in [5, 5.41) is 6.85. The summed E-state index contributed by atoms with van der Waals surface area (Å²) in [5.74, 6) is 0.342. The molecule has 2 rings (SSSR count). The Kier molecular flexibility index (Phi) is 9.81. The van der Waals surface area contributed by atoms with Gasteiger partial charge in [-0.25, -0.2) is 0 Å². The van der Waals surface area contributed by atoms with E-state index >= 15 is 0 Å². The van der Waals surface area contributed by atoms with Crippen LogP contribution in [0.15, 0.2) is 84.3 Å². The van der Waals surface area contributed by atoms with Crippen LogP contribution >= 0.6 is 0 Å². The van der Waals surface area contributed by atoms with Crippen LogP contribution in [0, 0.1) is 5.92 Å². The Morgan fingerprint density at radius 3 is 2.29 bits per heavy atom. The van der Waals surface area contributed by atoms with Crippen LogP contribution in [0.5, 0.6) is 0 Å². The molecule has 1 aromatic rings. The van der Waals surface area contributed by atoms with E-state index in [2.05, 4.69) is 78.0 Å². The van der Waals surface area contributed by atoms with E-state index in [0.717, 1.165) is 55.0 Å². The molecular formula is C27H43N7. The lowest BCUT2D eigenvalue weighted by Gasteiger charge is -2.43. The maximum Gasteiger partial charge on any atom is 0.185 e. The van der Waals surface area contributed by atoms with Crippen LogP contribution in [0.1, 0.15) is 32.3 Å². The molecule has 0 bridgehead atoms. The fourth-order valence-electron chi connectivity index (χ4n) is 4.05. The lowest BCUT2D eigenvalue weighted by atomic mass is 9.83. The third-order valence-corrected chi connectivity index (χ3v) is 6.66. The number of aliphatic imine (C=N–C) groups is 1. The minimum absolute atomic E-state index is 0.0494. The molecule has 7 nitrogen and oxygen atoms in total. The lowest BCUT2D eigenvalue weighted by molar-refractivity contribution is 0.208. The van der Waals surface area contributed by atoms with Crippen molar-refractivity contribution in [2.45, 2.75) is 44.7 Å². The minimum Gasteiger partial charge on any atom is -0.383 e. The zero-order valence-corrected chi connectivity index (χ0v) is 20.9. The number of benzene rings is 1. The Morgan fingerprint density at radius 2 is 1.74 bits per heavy atom. The molecule has 186 valence electrons. The van der Waals surface area contributed by atoms with Gasteiger partial charge in [-0.2, -0.15) is 0 Å². The predicted molar refractivity (Wildman–Crippen MR) is 145 cm³/mol. The fraction of sp³-hybridized carbons (Fsp3) is 0.444. The molecule has 1 aliphatic rings. The Morgan fingerprint density at radius 1 is 1.12 bits per heavy atom. The number of nitrogens with two attached hydrogens (primary N) is 3. The number of rotatable bonds is 13. The average molecular weight is 466 g/mol. The van der Waals surface area contributed by atoms with Crippen LogP contribution in [-0.2, 0) is 6.42 Å². The highest BCUT2D eigenvalue weighted by molar-refractivity contribution is 5.75. The highest BCUT2D eigenvalue weighted by Gasteiger charge is 2.33. The molecule has 2 atom stereocenters. The van der Waals surface area contributed by atoms with Crippen molar-refractivity contribution < 1.29 is 0 Å². The third-order valence-electron chi connectivity index (χ3n) is 6.66. The van der Waals surface area contributed by atoms with Gasteiger partial charge in [-0.1, -0.05) is 69.1 Å². The number of allylic oxidation sites excluding steroid dienone is 1. The van der Waals surface area contributed by atoms with Gasteiger partial charge in [-0.05, 0) is 37.7 Å². The van der Waals surface area contributed by atoms with Crippen molar-refractivity contribution in [1.29, 1.82) is 0 Å². The molecule has 0 aliphatic carbocycles. The predicted octanol–water partition coefficient (Wildman–Crippen LogP) is 2.60. The lowest BCUT2D eigenvalue weighted by Crippen LogP contribution is -2.52. The van der Waals surface area contributed by atoms with Crippen molar-refractivity contribution in [2.75, 3.05) is 26.2 Å². The maximum atomic E-state index is 6.50. The summed E-state index contributed by atoms with van der Waals surface area (Å²) in [6.07, 6.45) is 2.59. The van der Waals surface area contributed by atoms with Crippen molar-refractivity contribution in [3.05, 3.63) is 84.9 Å². The van der Waals surface area contributed by atoms with Crippen LogP contribution in [0.3, 0.4) is 0 Å². The summed E-state index contributed by atoms with van der Waals surface area (Å²) in [6, 6.07) is 10.2. The second kappa shape index (κ2) is 12.3. The van der Waals surface area contributed by atoms with Gasteiger partial charge in [0.25, 0.3) is 0 Å². The van der Waals surface area contributed by atoms with E-state index in [9.17, 15) is 0 Å². The van der Waals surface area contributed by atoms with Crippen LogP contribution in [-0.4, -0.2) is 48.6 Å². The molecule has 8 N–H and O–H groups in total. The number of nitrogens with zero attached hydrogens (tertiary/aromatic N) is 2. The molecule has 0 radical (unpaired) electrons. The molecule has 0 aromatic heterocycles. The quantitative estimate of drug-likeness (QED) is 0.174. The Balaban J connectivity index is 1.92. The van der Waals surface area contributed by atoms with Gasteiger partial charge >= 0.3 is 0 Å². The number of nitrogens with one attached hydrogen (secondary N) is 2. The van der Waals surface area contributed by atoms with E-state index in [4.69, 9.17) is 17.2 Å². The molecule has 0 saturated carbocycles. The smallest absolute Gasteiger partial charge is 0.185 e. The molecule has 1 fully saturated rings. The average Bonchev–Trinajstić information content (AvgIpc) is 2.80. The van der Waals surface area contributed by atoms with E-state index in [1.54, 1.807) is 0 Å². The summed E-state index contributed by atoms with van der Waals surface area (Å²) in [6.45, 7) is 23.5. The monoisotopic (exact) mass is 465 g/mol. The summed E-state index contributed by atoms with van der Waals surface area (Å²) < 4.78 is 0. The molecule has 0 spiro atoms. The first kappa shape index (κ1) is 27.1.